The summed E-state index contributed by atoms with van der Waals surface area (Å²) in [5, 5.41) is 18.3. The minimum Gasteiger partial charge on any atom is -0.481 e. The molecule has 0 aliphatic rings. The maximum absolute atomic E-state index is 12.2. The average molecular weight is 342 g/mol. The van der Waals surface area contributed by atoms with Gasteiger partial charge in [-0.1, -0.05) is 37.3 Å². The lowest BCUT2D eigenvalue weighted by Gasteiger charge is -2.24. The molecule has 0 aliphatic heterocycles. The van der Waals surface area contributed by atoms with E-state index in [-0.39, 0.29) is 24.3 Å². The van der Waals surface area contributed by atoms with Gasteiger partial charge in [0, 0.05) is 18.1 Å². The van der Waals surface area contributed by atoms with Crippen LogP contribution in [0.3, 0.4) is 0 Å². The molecule has 0 saturated heterocycles. The van der Waals surface area contributed by atoms with Crippen LogP contribution in [-0.4, -0.2) is 42.1 Å². The van der Waals surface area contributed by atoms with E-state index < -0.39 is 33.6 Å². The van der Waals surface area contributed by atoms with Crippen molar-refractivity contribution in [2.45, 2.75) is 32.1 Å². The maximum atomic E-state index is 12.2. The van der Waals surface area contributed by atoms with Gasteiger partial charge < -0.3 is 10.2 Å². The van der Waals surface area contributed by atoms with Crippen LogP contribution < -0.4 is 0 Å². The summed E-state index contributed by atoms with van der Waals surface area (Å²) >= 11 is 0. The molecular weight excluding hydrogens is 320 g/mol. The Labute approximate surface area is 136 Å². The summed E-state index contributed by atoms with van der Waals surface area (Å²) in [6, 6.07) is 8.55. The lowest BCUT2D eigenvalue weighted by molar-refractivity contribution is -0.143. The number of sulfone groups is 1. The smallest absolute Gasteiger partial charge is 0.307 e. The highest BCUT2D eigenvalue weighted by Gasteiger charge is 2.33. The van der Waals surface area contributed by atoms with Crippen LogP contribution in [0.5, 0.6) is 0 Å². The van der Waals surface area contributed by atoms with E-state index in [4.69, 9.17) is 5.11 Å². The van der Waals surface area contributed by atoms with Crippen molar-refractivity contribution in [3.8, 4) is 0 Å². The maximum Gasteiger partial charge on any atom is 0.307 e. The Morgan fingerprint density at radius 3 is 2.22 bits per heavy atom. The summed E-state index contributed by atoms with van der Waals surface area (Å²) in [4.78, 5) is 22.3. The highest BCUT2D eigenvalue weighted by molar-refractivity contribution is 7.91. The first-order valence-corrected chi connectivity index (χ1v) is 9.29. The predicted octanol–water partition coefficient (Wildman–Crippen LogP) is 2.16. The van der Waals surface area contributed by atoms with Gasteiger partial charge in [-0.25, -0.2) is 8.42 Å². The van der Waals surface area contributed by atoms with Gasteiger partial charge in [-0.2, -0.15) is 0 Å². The van der Waals surface area contributed by atoms with Crippen molar-refractivity contribution >= 4 is 21.8 Å². The van der Waals surface area contributed by atoms with Gasteiger partial charge in [0.05, 0.1) is 11.7 Å². The summed E-state index contributed by atoms with van der Waals surface area (Å²) in [6.07, 6.45) is 0.0384. The summed E-state index contributed by atoms with van der Waals surface area (Å²) in [5.41, 5.74) is 0.602. The molecule has 2 N–H and O–H groups in total. The molecule has 0 radical (unpaired) electrons. The van der Waals surface area contributed by atoms with Crippen LogP contribution >= 0.6 is 0 Å². The molecule has 0 amide bonds. The Morgan fingerprint density at radius 1 is 1.13 bits per heavy atom. The second-order valence-corrected chi connectivity index (χ2v) is 7.74. The summed E-state index contributed by atoms with van der Waals surface area (Å²) in [7, 11) is -3.41. The van der Waals surface area contributed by atoms with Crippen LogP contribution in [0, 0.1) is 5.92 Å². The molecule has 2 atom stereocenters. The molecule has 7 heteroatoms. The average Bonchev–Trinajstić information content (AvgIpc) is 2.46. The molecule has 0 aromatic heterocycles. The molecule has 1 aromatic rings. The van der Waals surface area contributed by atoms with Gasteiger partial charge in [-0.3, -0.25) is 9.59 Å². The van der Waals surface area contributed by atoms with E-state index in [1.165, 1.54) is 0 Å². The summed E-state index contributed by atoms with van der Waals surface area (Å²) in [6.45, 7) is 1.74. The highest BCUT2D eigenvalue weighted by Crippen LogP contribution is 2.30. The van der Waals surface area contributed by atoms with Gasteiger partial charge in [0.2, 0.25) is 0 Å². The Hall–Kier alpha value is -1.89. The minimum atomic E-state index is -3.41. The molecule has 0 aliphatic carbocycles. The Balaban J connectivity index is 3.15. The predicted molar refractivity (Wildman–Crippen MR) is 86.1 cm³/mol. The van der Waals surface area contributed by atoms with Crippen molar-refractivity contribution in [2.75, 3.05) is 11.5 Å². The molecular formula is C16H22O6S. The molecule has 0 spiro atoms. The molecule has 6 nitrogen and oxygen atoms in total. The van der Waals surface area contributed by atoms with Crippen LogP contribution in [0.2, 0.25) is 0 Å². The molecule has 2 unspecified atom stereocenters. The zero-order chi connectivity index (χ0) is 17.5. The fraction of sp³-hybridized carbons (Fsp3) is 0.500. The van der Waals surface area contributed by atoms with Crippen LogP contribution in [0.1, 0.15) is 37.7 Å². The molecule has 0 saturated carbocycles. The number of aliphatic carboxylic acids is 2. The first-order valence-electron chi connectivity index (χ1n) is 7.46. The fourth-order valence-electron chi connectivity index (χ4n) is 2.59. The quantitative estimate of drug-likeness (QED) is 0.674. The second kappa shape index (κ2) is 8.67. The topological polar surface area (TPSA) is 109 Å². The van der Waals surface area contributed by atoms with Gasteiger partial charge in [0.25, 0.3) is 0 Å². The van der Waals surface area contributed by atoms with Crippen molar-refractivity contribution in [1.29, 1.82) is 0 Å². The zero-order valence-electron chi connectivity index (χ0n) is 13.0. The lowest BCUT2D eigenvalue weighted by atomic mass is 9.84. The van der Waals surface area contributed by atoms with Crippen LogP contribution in [0.15, 0.2) is 30.3 Å². The van der Waals surface area contributed by atoms with Crippen molar-refractivity contribution in [1.82, 2.24) is 0 Å². The lowest BCUT2D eigenvalue weighted by Crippen LogP contribution is -2.29. The second-order valence-electron chi connectivity index (χ2n) is 5.51. The van der Waals surface area contributed by atoms with Gasteiger partial charge in [0.15, 0.2) is 9.84 Å². The first-order chi connectivity index (χ1) is 10.8. The molecule has 0 bridgehead atoms. The first kappa shape index (κ1) is 19.2. The fourth-order valence-corrected chi connectivity index (χ4v) is 4.35. The van der Waals surface area contributed by atoms with E-state index in [1.54, 1.807) is 37.3 Å². The number of benzene rings is 1. The molecule has 23 heavy (non-hydrogen) atoms. The van der Waals surface area contributed by atoms with Crippen molar-refractivity contribution in [3.05, 3.63) is 35.9 Å². The Morgan fingerprint density at radius 2 is 1.74 bits per heavy atom. The van der Waals surface area contributed by atoms with Gasteiger partial charge >= 0.3 is 11.9 Å². The van der Waals surface area contributed by atoms with Crippen molar-refractivity contribution in [3.63, 3.8) is 0 Å². The molecule has 0 heterocycles. The van der Waals surface area contributed by atoms with Crippen LogP contribution in [0.25, 0.3) is 0 Å². The third-order valence-corrected chi connectivity index (χ3v) is 5.55. The van der Waals surface area contributed by atoms with Crippen LogP contribution in [-0.2, 0) is 19.4 Å². The normalized spacial score (nSPS) is 14.1. The van der Waals surface area contributed by atoms with Gasteiger partial charge in [-0.15, -0.1) is 0 Å². The summed E-state index contributed by atoms with van der Waals surface area (Å²) < 4.78 is 24.3. The number of carboxylic acids is 2. The number of carboxylic acid groups (broad SMARTS) is 2. The molecule has 1 aromatic carbocycles. The third-order valence-electron chi connectivity index (χ3n) is 3.65. The number of rotatable bonds is 10. The molecule has 1 rings (SSSR count). The van der Waals surface area contributed by atoms with Crippen molar-refractivity contribution in [2.24, 2.45) is 5.92 Å². The third kappa shape index (κ3) is 6.40. The van der Waals surface area contributed by atoms with E-state index >= 15 is 0 Å². The SMILES string of the molecule is CCCS(=O)(=O)CC(c1ccccc1)C(CCC(=O)O)C(=O)O. The van der Waals surface area contributed by atoms with Gasteiger partial charge in [0.1, 0.15) is 0 Å². The van der Waals surface area contributed by atoms with E-state index in [0.29, 0.717) is 12.0 Å². The minimum absolute atomic E-state index is 0.0123. The molecule has 0 fully saturated rings. The number of carbonyl (C=O) groups is 2. The van der Waals surface area contributed by atoms with E-state index in [2.05, 4.69) is 0 Å². The summed E-state index contributed by atoms with van der Waals surface area (Å²) in [5.74, 6) is -4.39. The Kier molecular flexibility index (Phi) is 7.22. The zero-order valence-corrected chi connectivity index (χ0v) is 13.8. The number of hydrogen-bond acceptors (Lipinski definition) is 4. The van der Waals surface area contributed by atoms with Crippen molar-refractivity contribution < 1.29 is 28.2 Å². The highest BCUT2D eigenvalue weighted by atomic mass is 32.2. The standard InChI is InChI=1S/C16H22O6S/c1-2-10-23(21,22)11-14(12-6-4-3-5-7-12)13(16(19)20)8-9-15(17)18/h3-7,13-14H,2,8-11H2,1H3,(H,17,18)(H,19,20). The Bertz CT molecular complexity index is 623. The monoisotopic (exact) mass is 342 g/mol. The molecule has 128 valence electrons. The van der Waals surface area contributed by atoms with E-state index in [0.717, 1.165) is 0 Å². The van der Waals surface area contributed by atoms with Crippen LogP contribution in [0.4, 0.5) is 0 Å². The van der Waals surface area contributed by atoms with E-state index in [9.17, 15) is 23.1 Å². The number of hydrogen-bond donors (Lipinski definition) is 2. The van der Waals surface area contributed by atoms with E-state index in [1.807, 2.05) is 0 Å². The van der Waals surface area contributed by atoms with Gasteiger partial charge in [-0.05, 0) is 18.4 Å². The largest absolute Gasteiger partial charge is 0.481 e.